The maximum atomic E-state index is 11.2. The molecule has 9 heteroatoms. The summed E-state index contributed by atoms with van der Waals surface area (Å²) in [7, 11) is 0. The van der Waals surface area contributed by atoms with Gasteiger partial charge in [0.25, 0.3) is 0 Å². The first-order valence-corrected chi connectivity index (χ1v) is 11.4. The predicted octanol–water partition coefficient (Wildman–Crippen LogP) is 4.45. The minimum absolute atomic E-state index is 0.261. The van der Waals surface area contributed by atoms with Gasteiger partial charge in [-0.1, -0.05) is 72.8 Å². The number of urea groups is 2. The Morgan fingerprint density at radius 2 is 0.892 bits per heavy atom. The average Bonchev–Trinajstić information content (AvgIpc) is 2.89. The van der Waals surface area contributed by atoms with Crippen molar-refractivity contribution in [2.75, 3.05) is 0 Å². The van der Waals surface area contributed by atoms with Gasteiger partial charge in [0.05, 0.1) is 6.04 Å². The number of nitrogens with one attached hydrogen (secondary N) is 1. The van der Waals surface area contributed by atoms with Gasteiger partial charge in [0.15, 0.2) is 0 Å². The highest BCUT2D eigenvalue weighted by Gasteiger charge is 2.27. The highest BCUT2D eigenvalue weighted by Crippen LogP contribution is 2.43. The molecule has 0 unspecified atom stereocenters. The molecule has 2 aliphatic heterocycles. The van der Waals surface area contributed by atoms with Crippen molar-refractivity contribution in [1.82, 2.24) is 5.32 Å². The Kier molecular flexibility index (Phi) is 7.56. The number of ether oxygens (including phenoxy) is 2. The number of primary amides is 3. The van der Waals surface area contributed by atoms with E-state index in [4.69, 9.17) is 20.0 Å². The van der Waals surface area contributed by atoms with Crippen LogP contribution in [0.1, 0.15) is 34.4 Å². The fourth-order valence-corrected chi connectivity index (χ4v) is 4.09. The average molecular weight is 499 g/mol. The van der Waals surface area contributed by atoms with Gasteiger partial charge in [-0.05, 0) is 24.3 Å². The van der Waals surface area contributed by atoms with Crippen LogP contribution in [0.2, 0.25) is 0 Å². The molecule has 9 nitrogen and oxygen atoms in total. The summed E-state index contributed by atoms with van der Waals surface area (Å²) in [4.78, 5) is 20.2. The van der Waals surface area contributed by atoms with Crippen molar-refractivity contribution in [2.45, 2.75) is 12.1 Å². The Balaban J connectivity index is 0.000000153. The van der Waals surface area contributed by atoms with Gasteiger partial charge in [0, 0.05) is 22.3 Å². The van der Waals surface area contributed by atoms with Crippen LogP contribution in [0.15, 0.2) is 97.1 Å². The first kappa shape index (κ1) is 25.1. The molecule has 0 bridgehead atoms. The van der Waals surface area contributed by atoms with E-state index in [2.05, 4.69) is 16.8 Å². The Labute approximate surface area is 213 Å². The summed E-state index contributed by atoms with van der Waals surface area (Å²) in [6, 6.07) is 28.7. The number of benzene rings is 4. The number of para-hydroxylation sites is 4. The second kappa shape index (κ2) is 11.1. The molecule has 2 aliphatic rings. The summed E-state index contributed by atoms with van der Waals surface area (Å²) in [6.07, 6.45) is -0.578. The molecule has 0 fully saturated rings. The molecular weight excluding hydrogens is 472 g/mol. The summed E-state index contributed by atoms with van der Waals surface area (Å²) in [5, 5.41) is 12.9. The number of carbonyl (C=O) groups is 2. The van der Waals surface area contributed by atoms with Crippen molar-refractivity contribution in [3.63, 3.8) is 0 Å². The molecule has 188 valence electrons. The molecule has 0 saturated carbocycles. The van der Waals surface area contributed by atoms with Crippen LogP contribution in [0.25, 0.3) is 0 Å². The molecule has 4 aromatic rings. The number of nitrogens with two attached hydrogens (primary N) is 3. The number of hydrogen-bond donors (Lipinski definition) is 5. The SMILES string of the molecule is NC(=O)NC1c2ccccc2Oc2ccccc21.NC(N)=O.OC1c2ccccc2Oc2ccccc21. The number of hydrogen-bond acceptors (Lipinski definition) is 5. The normalized spacial score (nSPS) is 12.7. The number of aliphatic hydroxyl groups excluding tert-OH is 1. The van der Waals surface area contributed by atoms with Crippen LogP contribution in [0.3, 0.4) is 0 Å². The van der Waals surface area contributed by atoms with Crippen molar-refractivity contribution < 1.29 is 24.2 Å². The van der Waals surface area contributed by atoms with E-state index in [9.17, 15) is 9.90 Å². The lowest BCUT2D eigenvalue weighted by atomic mass is 9.95. The van der Waals surface area contributed by atoms with Crippen LogP contribution in [0.4, 0.5) is 9.59 Å². The van der Waals surface area contributed by atoms with Crippen LogP contribution < -0.4 is 32.0 Å². The van der Waals surface area contributed by atoms with Gasteiger partial charge in [0.2, 0.25) is 0 Å². The maximum Gasteiger partial charge on any atom is 0.312 e. The lowest BCUT2D eigenvalue weighted by Gasteiger charge is -2.28. The molecule has 6 rings (SSSR count). The number of amides is 4. The van der Waals surface area contributed by atoms with Crippen LogP contribution in [0.5, 0.6) is 23.0 Å². The standard InChI is InChI=1S/C14H12N2O2.C13H10O2.CH4N2O/c15-14(17)16-13-9-5-1-3-7-11(9)18-12-8-4-2-6-10(12)13;14-13-9-5-1-3-7-11(9)15-12-8-4-2-6-10(12)13;2-1(3)4/h1-8,13H,(H3,15,16,17);1-8,13-14H;(H4,2,3,4). The van der Waals surface area contributed by atoms with E-state index in [1.165, 1.54) is 0 Å². The molecule has 0 radical (unpaired) electrons. The first-order chi connectivity index (χ1) is 17.8. The molecule has 0 atom stereocenters. The van der Waals surface area contributed by atoms with Gasteiger partial charge >= 0.3 is 12.1 Å². The quantitative estimate of drug-likeness (QED) is 0.261. The van der Waals surface area contributed by atoms with E-state index < -0.39 is 18.2 Å². The number of fused-ring (bicyclic) bond motifs is 4. The highest BCUT2D eigenvalue weighted by molar-refractivity contribution is 5.74. The molecule has 0 spiro atoms. The molecule has 4 amide bonds. The van der Waals surface area contributed by atoms with Gasteiger partial charge in [-0.25, -0.2) is 9.59 Å². The maximum absolute atomic E-state index is 11.2. The number of aliphatic hydroxyl groups is 1. The predicted molar refractivity (Wildman–Crippen MR) is 138 cm³/mol. The summed E-state index contributed by atoms with van der Waals surface area (Å²) < 4.78 is 11.5. The largest absolute Gasteiger partial charge is 0.457 e. The zero-order valence-corrected chi connectivity index (χ0v) is 19.7. The van der Waals surface area contributed by atoms with E-state index in [0.717, 1.165) is 45.3 Å². The third-order valence-corrected chi connectivity index (χ3v) is 5.61. The van der Waals surface area contributed by atoms with E-state index in [1.54, 1.807) is 0 Å². The first-order valence-electron chi connectivity index (χ1n) is 11.4. The second-order valence-electron chi connectivity index (χ2n) is 8.10. The van der Waals surface area contributed by atoms with Crippen LogP contribution >= 0.6 is 0 Å². The van der Waals surface area contributed by atoms with Gasteiger partial charge in [0.1, 0.15) is 29.1 Å². The van der Waals surface area contributed by atoms with E-state index in [1.807, 2.05) is 97.1 Å². The van der Waals surface area contributed by atoms with Crippen LogP contribution in [-0.4, -0.2) is 17.2 Å². The Hall–Kier alpha value is -5.02. The smallest absolute Gasteiger partial charge is 0.312 e. The fraction of sp³-hybridized carbons (Fsp3) is 0.0714. The minimum atomic E-state index is -0.833. The van der Waals surface area contributed by atoms with Gasteiger partial charge in [-0.2, -0.15) is 0 Å². The Morgan fingerprint density at radius 3 is 1.24 bits per heavy atom. The third-order valence-electron chi connectivity index (χ3n) is 5.61. The van der Waals surface area contributed by atoms with Crippen LogP contribution in [-0.2, 0) is 0 Å². The molecular formula is C28H26N4O5. The molecule has 2 heterocycles. The third kappa shape index (κ3) is 5.80. The van der Waals surface area contributed by atoms with Crippen molar-refractivity contribution in [2.24, 2.45) is 17.2 Å². The summed E-state index contributed by atoms with van der Waals surface area (Å²) in [6.45, 7) is 0. The lowest BCUT2D eigenvalue weighted by Crippen LogP contribution is -2.35. The van der Waals surface area contributed by atoms with E-state index in [0.29, 0.717) is 0 Å². The van der Waals surface area contributed by atoms with Crippen molar-refractivity contribution in [3.05, 3.63) is 119 Å². The molecule has 0 aromatic heterocycles. The van der Waals surface area contributed by atoms with Crippen molar-refractivity contribution in [3.8, 4) is 23.0 Å². The lowest BCUT2D eigenvalue weighted by molar-refractivity contribution is 0.203. The Morgan fingerprint density at radius 1 is 0.595 bits per heavy atom. The van der Waals surface area contributed by atoms with Gasteiger partial charge in [-0.3, -0.25) is 0 Å². The molecule has 0 saturated heterocycles. The number of carbonyl (C=O) groups excluding carboxylic acids is 2. The molecule has 4 aromatic carbocycles. The van der Waals surface area contributed by atoms with E-state index in [-0.39, 0.29) is 6.04 Å². The van der Waals surface area contributed by atoms with Crippen LogP contribution in [0, 0.1) is 0 Å². The highest BCUT2D eigenvalue weighted by atomic mass is 16.5. The zero-order chi connectivity index (χ0) is 26.4. The Bertz CT molecular complexity index is 1330. The minimum Gasteiger partial charge on any atom is -0.457 e. The van der Waals surface area contributed by atoms with Gasteiger partial charge < -0.3 is 37.1 Å². The summed E-state index contributed by atoms with van der Waals surface area (Å²) in [5.74, 6) is 2.97. The van der Waals surface area contributed by atoms with E-state index >= 15 is 0 Å². The van der Waals surface area contributed by atoms with Crippen molar-refractivity contribution >= 4 is 12.1 Å². The molecule has 0 aliphatic carbocycles. The molecule has 8 N–H and O–H groups in total. The number of rotatable bonds is 1. The summed E-state index contributed by atoms with van der Waals surface area (Å²) >= 11 is 0. The van der Waals surface area contributed by atoms with Gasteiger partial charge in [-0.15, -0.1) is 0 Å². The monoisotopic (exact) mass is 498 g/mol. The fourth-order valence-electron chi connectivity index (χ4n) is 4.09. The zero-order valence-electron chi connectivity index (χ0n) is 19.7. The van der Waals surface area contributed by atoms with Crippen molar-refractivity contribution in [1.29, 1.82) is 0 Å². The second-order valence-corrected chi connectivity index (χ2v) is 8.10. The molecule has 37 heavy (non-hydrogen) atoms. The topological polar surface area (TPSA) is 163 Å². The summed E-state index contributed by atoms with van der Waals surface area (Å²) in [5.41, 5.74) is 17.2.